The van der Waals surface area contributed by atoms with Crippen molar-refractivity contribution in [3.05, 3.63) is 0 Å². The number of hydrogen-bond acceptors (Lipinski definition) is 3. The first kappa shape index (κ1) is 16.7. The third kappa shape index (κ3) is 5.86. The van der Waals surface area contributed by atoms with Crippen LogP contribution in [-0.2, 0) is 4.79 Å². The molecule has 0 rings (SSSR count). The van der Waals surface area contributed by atoms with E-state index < -0.39 is 18.2 Å². The molecule has 6 heteroatoms. The molecule has 3 atom stereocenters. The predicted octanol–water partition coefficient (Wildman–Crippen LogP) is 0.299. The van der Waals surface area contributed by atoms with Crippen molar-refractivity contribution < 1.29 is 14.7 Å². The third-order valence-corrected chi connectivity index (χ3v) is 3.04. The van der Waals surface area contributed by atoms with E-state index in [0.717, 1.165) is 6.42 Å². The molecule has 0 radical (unpaired) electrons. The van der Waals surface area contributed by atoms with E-state index in [4.69, 9.17) is 5.73 Å². The van der Waals surface area contributed by atoms with Gasteiger partial charge >= 0.3 is 6.03 Å². The Hall–Kier alpha value is -1.30. The second-order valence-corrected chi connectivity index (χ2v) is 4.77. The van der Waals surface area contributed by atoms with Crippen LogP contribution in [0, 0.1) is 5.92 Å². The van der Waals surface area contributed by atoms with Crippen molar-refractivity contribution in [1.29, 1.82) is 0 Å². The topological polar surface area (TPSA) is 95.7 Å². The average Bonchev–Trinajstić information content (AvgIpc) is 2.30. The number of aliphatic hydroxyl groups excluding tert-OH is 1. The third-order valence-electron chi connectivity index (χ3n) is 3.04. The number of nitrogens with zero attached hydrogens (tertiary/aromatic N) is 1. The number of carbonyl (C=O) groups is 2. The molecule has 0 saturated heterocycles. The Kier molecular flexibility index (Phi) is 7.35. The summed E-state index contributed by atoms with van der Waals surface area (Å²) in [5.41, 5.74) is 5.09. The molecule has 0 aliphatic rings. The zero-order valence-corrected chi connectivity index (χ0v) is 11.6. The highest BCUT2D eigenvalue weighted by molar-refractivity contribution is 5.86. The van der Waals surface area contributed by atoms with Gasteiger partial charge in [0.15, 0.2) is 0 Å². The van der Waals surface area contributed by atoms with E-state index in [0.29, 0.717) is 13.0 Å². The maximum absolute atomic E-state index is 12.2. The minimum absolute atomic E-state index is 0.0130. The second-order valence-electron chi connectivity index (χ2n) is 4.77. The summed E-state index contributed by atoms with van der Waals surface area (Å²) in [5.74, 6) is -0.164. The van der Waals surface area contributed by atoms with Gasteiger partial charge in [0.2, 0.25) is 5.91 Å². The van der Waals surface area contributed by atoms with Crippen LogP contribution >= 0.6 is 0 Å². The second kappa shape index (κ2) is 7.92. The number of nitrogens with one attached hydrogen (secondary N) is 1. The van der Waals surface area contributed by atoms with Gasteiger partial charge < -0.3 is 21.1 Å². The van der Waals surface area contributed by atoms with Crippen LogP contribution in [0.3, 0.4) is 0 Å². The minimum Gasteiger partial charge on any atom is -0.393 e. The number of amides is 3. The van der Waals surface area contributed by atoms with E-state index in [-0.39, 0.29) is 11.8 Å². The zero-order valence-electron chi connectivity index (χ0n) is 11.6. The summed E-state index contributed by atoms with van der Waals surface area (Å²) < 4.78 is 0. The molecule has 6 nitrogen and oxygen atoms in total. The van der Waals surface area contributed by atoms with E-state index in [1.54, 1.807) is 14.0 Å². The fraction of sp³-hybridized carbons (Fsp3) is 0.833. The predicted molar refractivity (Wildman–Crippen MR) is 69.9 cm³/mol. The number of hydrogen-bond donors (Lipinski definition) is 3. The highest BCUT2D eigenvalue weighted by atomic mass is 16.3. The average molecular weight is 259 g/mol. The molecule has 0 bridgehead atoms. The Morgan fingerprint density at radius 3 is 2.33 bits per heavy atom. The van der Waals surface area contributed by atoms with Crippen molar-refractivity contribution in [2.24, 2.45) is 11.7 Å². The van der Waals surface area contributed by atoms with E-state index >= 15 is 0 Å². The van der Waals surface area contributed by atoms with Gasteiger partial charge in [-0.05, 0) is 19.3 Å². The normalized spacial score (nSPS) is 15.6. The first-order valence-electron chi connectivity index (χ1n) is 6.28. The van der Waals surface area contributed by atoms with Crippen LogP contribution in [0.1, 0.15) is 33.6 Å². The zero-order chi connectivity index (χ0) is 14.3. The first-order valence-corrected chi connectivity index (χ1v) is 6.28. The van der Waals surface area contributed by atoms with Crippen molar-refractivity contribution in [2.75, 3.05) is 13.6 Å². The molecule has 106 valence electrons. The van der Waals surface area contributed by atoms with Crippen molar-refractivity contribution in [3.8, 4) is 0 Å². The summed E-state index contributed by atoms with van der Waals surface area (Å²) in [4.78, 5) is 24.6. The molecule has 4 N–H and O–H groups in total. The van der Waals surface area contributed by atoms with Crippen molar-refractivity contribution in [1.82, 2.24) is 10.2 Å². The van der Waals surface area contributed by atoms with Gasteiger partial charge in [0, 0.05) is 13.6 Å². The maximum atomic E-state index is 12.2. The number of carbonyl (C=O) groups excluding carboxylic acids is 2. The molecule has 0 aromatic heterocycles. The van der Waals surface area contributed by atoms with Gasteiger partial charge in [0.05, 0.1) is 6.10 Å². The largest absolute Gasteiger partial charge is 0.393 e. The fourth-order valence-electron chi connectivity index (χ4n) is 1.56. The smallest absolute Gasteiger partial charge is 0.312 e. The number of aliphatic hydroxyl groups is 1. The summed E-state index contributed by atoms with van der Waals surface area (Å²) in [6.45, 7) is 5.96. The summed E-state index contributed by atoms with van der Waals surface area (Å²) in [7, 11) is 1.66. The van der Waals surface area contributed by atoms with Crippen LogP contribution in [0.4, 0.5) is 4.79 Å². The summed E-state index contributed by atoms with van der Waals surface area (Å²) >= 11 is 0. The Morgan fingerprint density at radius 2 is 1.94 bits per heavy atom. The number of primary amides is 1. The van der Waals surface area contributed by atoms with Crippen LogP contribution in [0.15, 0.2) is 0 Å². The highest BCUT2D eigenvalue weighted by Gasteiger charge is 2.27. The Morgan fingerprint density at radius 1 is 1.39 bits per heavy atom. The van der Waals surface area contributed by atoms with E-state index in [1.165, 1.54) is 4.90 Å². The van der Waals surface area contributed by atoms with Crippen molar-refractivity contribution in [3.63, 3.8) is 0 Å². The molecule has 0 heterocycles. The molecular weight excluding hydrogens is 234 g/mol. The minimum atomic E-state index is -0.697. The van der Waals surface area contributed by atoms with Gasteiger partial charge in [-0.1, -0.05) is 20.3 Å². The van der Waals surface area contributed by atoms with Crippen molar-refractivity contribution in [2.45, 2.75) is 45.8 Å². The van der Waals surface area contributed by atoms with Gasteiger partial charge in [-0.3, -0.25) is 4.79 Å². The number of nitrogens with two attached hydrogens (primary N) is 1. The molecule has 0 aromatic rings. The van der Waals surface area contributed by atoms with Gasteiger partial charge in [0.1, 0.15) is 6.04 Å². The van der Waals surface area contributed by atoms with Gasteiger partial charge in [-0.2, -0.15) is 0 Å². The lowest BCUT2D eigenvalue weighted by Gasteiger charge is -2.28. The molecule has 3 unspecified atom stereocenters. The maximum Gasteiger partial charge on any atom is 0.312 e. The highest BCUT2D eigenvalue weighted by Crippen LogP contribution is 2.10. The Bertz CT molecular complexity index is 282. The number of likely N-dealkylation sites (N-methyl/N-ethyl adjacent to an activating group) is 1. The lowest BCUT2D eigenvalue weighted by atomic mass is 9.98. The van der Waals surface area contributed by atoms with Gasteiger partial charge in [0.25, 0.3) is 0 Å². The lowest BCUT2D eigenvalue weighted by Crippen LogP contribution is -2.52. The molecule has 0 saturated carbocycles. The Labute approximate surface area is 109 Å². The lowest BCUT2D eigenvalue weighted by molar-refractivity contribution is -0.133. The summed E-state index contributed by atoms with van der Waals surface area (Å²) in [5, 5.41) is 11.7. The van der Waals surface area contributed by atoms with Crippen molar-refractivity contribution >= 4 is 11.9 Å². The number of rotatable bonds is 7. The molecule has 0 spiro atoms. The molecular formula is C12H25N3O3. The monoisotopic (exact) mass is 259 g/mol. The standard InChI is InChI=1S/C12H25N3O3/c1-5-8(2)10(14-12(13)18)11(17)15(4)7-6-9(3)16/h8-10,16H,5-7H2,1-4H3,(H3,13,14,18). The molecule has 0 fully saturated rings. The quantitative estimate of drug-likeness (QED) is 0.613. The van der Waals surface area contributed by atoms with Crippen LogP contribution in [0.5, 0.6) is 0 Å². The van der Waals surface area contributed by atoms with E-state index in [2.05, 4.69) is 5.32 Å². The van der Waals surface area contributed by atoms with Gasteiger partial charge in [-0.15, -0.1) is 0 Å². The number of urea groups is 1. The molecule has 0 aromatic carbocycles. The molecule has 0 aliphatic heterocycles. The molecule has 0 aliphatic carbocycles. The summed E-state index contributed by atoms with van der Waals surface area (Å²) in [6.07, 6.45) is 0.818. The Balaban J connectivity index is 4.58. The van der Waals surface area contributed by atoms with Crippen LogP contribution in [-0.4, -0.2) is 47.7 Å². The van der Waals surface area contributed by atoms with Crippen LogP contribution in [0.25, 0.3) is 0 Å². The van der Waals surface area contributed by atoms with Crippen LogP contribution in [0.2, 0.25) is 0 Å². The molecule has 3 amide bonds. The SMILES string of the molecule is CCC(C)C(NC(N)=O)C(=O)N(C)CCC(C)O. The summed E-state index contributed by atoms with van der Waals surface area (Å²) in [6, 6.07) is -1.30. The van der Waals surface area contributed by atoms with E-state index in [9.17, 15) is 14.7 Å². The van der Waals surface area contributed by atoms with Gasteiger partial charge in [-0.25, -0.2) is 4.79 Å². The van der Waals surface area contributed by atoms with Crippen LogP contribution < -0.4 is 11.1 Å². The molecule has 18 heavy (non-hydrogen) atoms. The van der Waals surface area contributed by atoms with E-state index in [1.807, 2.05) is 13.8 Å². The fourth-order valence-corrected chi connectivity index (χ4v) is 1.56. The first-order chi connectivity index (χ1) is 8.29.